The van der Waals surface area contributed by atoms with E-state index in [0.29, 0.717) is 12.6 Å². The van der Waals surface area contributed by atoms with Crippen LogP contribution in [0, 0.1) is 11.7 Å². The van der Waals surface area contributed by atoms with Gasteiger partial charge in [0.25, 0.3) is 6.01 Å². The zero-order valence-corrected chi connectivity index (χ0v) is 16.5. The number of anilines is 1. The molecule has 148 valence electrons. The van der Waals surface area contributed by atoms with Crippen LogP contribution in [0.15, 0.2) is 51.8 Å². The summed E-state index contributed by atoms with van der Waals surface area (Å²) in [6.07, 6.45) is 1.62. The lowest BCUT2D eigenvalue weighted by molar-refractivity contribution is 0.387. The van der Waals surface area contributed by atoms with Gasteiger partial charge in [-0.1, -0.05) is 23.7 Å². The second-order valence-electron chi connectivity index (χ2n) is 6.82. The van der Waals surface area contributed by atoms with E-state index in [9.17, 15) is 12.8 Å². The summed E-state index contributed by atoms with van der Waals surface area (Å²) in [6, 6.07) is 11.6. The van der Waals surface area contributed by atoms with Crippen molar-refractivity contribution >= 4 is 38.7 Å². The highest BCUT2D eigenvalue weighted by atomic mass is 35.5. The molecular weight excluding hydrogens is 405 g/mol. The smallest absolute Gasteiger partial charge is 0.298 e. The fourth-order valence-electron chi connectivity index (χ4n) is 3.28. The van der Waals surface area contributed by atoms with Gasteiger partial charge in [-0.05, 0) is 49.1 Å². The van der Waals surface area contributed by atoms with Crippen LogP contribution in [0.2, 0.25) is 5.02 Å². The van der Waals surface area contributed by atoms with Crippen molar-refractivity contribution in [3.8, 4) is 0 Å². The molecular formula is C19H19ClFN3O3S. The number of oxazole rings is 1. The van der Waals surface area contributed by atoms with Gasteiger partial charge in [-0.25, -0.2) is 17.5 Å². The minimum absolute atomic E-state index is 0.0391. The number of para-hydroxylation sites is 2. The first kappa shape index (κ1) is 19.2. The first-order chi connectivity index (χ1) is 13.4. The van der Waals surface area contributed by atoms with E-state index in [0.717, 1.165) is 49.2 Å². The second-order valence-corrected chi connectivity index (χ2v) is 9.00. The summed E-state index contributed by atoms with van der Waals surface area (Å²) in [4.78, 5) is 6.54. The van der Waals surface area contributed by atoms with E-state index in [4.69, 9.17) is 16.0 Å². The molecule has 0 bridgehead atoms. The molecule has 0 atom stereocenters. The molecule has 1 saturated heterocycles. The van der Waals surface area contributed by atoms with Crippen molar-refractivity contribution in [2.45, 2.75) is 17.7 Å². The molecule has 2 heterocycles. The SMILES string of the molecule is O=S(=O)(NCC1CCN(c2nc3ccccc3o2)CC1)c1ccc(F)c(Cl)c1. The van der Waals surface area contributed by atoms with Crippen LogP contribution in [-0.4, -0.2) is 33.0 Å². The standard InChI is InChI=1S/C19H19ClFN3O3S/c20-15-11-14(5-6-16(15)21)28(25,26)22-12-13-7-9-24(10-8-13)19-23-17-3-1-2-4-18(17)27-19/h1-6,11,13,22H,7-10,12H2. The average molecular weight is 424 g/mol. The van der Waals surface area contributed by atoms with Crippen LogP contribution in [0.25, 0.3) is 11.1 Å². The lowest BCUT2D eigenvalue weighted by atomic mass is 9.97. The number of rotatable bonds is 5. The van der Waals surface area contributed by atoms with E-state index in [1.54, 1.807) is 0 Å². The normalized spacial score (nSPS) is 16.0. The van der Waals surface area contributed by atoms with Crippen molar-refractivity contribution in [1.82, 2.24) is 9.71 Å². The quantitative estimate of drug-likeness (QED) is 0.675. The van der Waals surface area contributed by atoms with Crippen LogP contribution in [0.3, 0.4) is 0 Å². The van der Waals surface area contributed by atoms with E-state index in [1.165, 1.54) is 6.07 Å². The van der Waals surface area contributed by atoms with Crippen molar-refractivity contribution in [2.24, 2.45) is 5.92 Å². The van der Waals surface area contributed by atoms with Gasteiger partial charge in [-0.15, -0.1) is 0 Å². The zero-order valence-electron chi connectivity index (χ0n) is 14.9. The Morgan fingerprint density at radius 2 is 1.96 bits per heavy atom. The summed E-state index contributed by atoms with van der Waals surface area (Å²) in [5.41, 5.74) is 1.58. The van der Waals surface area contributed by atoms with Crippen LogP contribution in [0.1, 0.15) is 12.8 Å². The van der Waals surface area contributed by atoms with Gasteiger partial charge in [0.15, 0.2) is 5.58 Å². The lowest BCUT2D eigenvalue weighted by Crippen LogP contribution is -2.38. The Hall–Kier alpha value is -2.16. The molecule has 1 fully saturated rings. The van der Waals surface area contributed by atoms with Gasteiger partial charge in [0, 0.05) is 19.6 Å². The van der Waals surface area contributed by atoms with Crippen molar-refractivity contribution in [1.29, 1.82) is 0 Å². The maximum atomic E-state index is 13.2. The fraction of sp³-hybridized carbons (Fsp3) is 0.316. The largest absolute Gasteiger partial charge is 0.423 e. The Morgan fingerprint density at radius 3 is 2.68 bits per heavy atom. The van der Waals surface area contributed by atoms with Crippen LogP contribution >= 0.6 is 11.6 Å². The first-order valence-electron chi connectivity index (χ1n) is 8.97. The fourth-order valence-corrected chi connectivity index (χ4v) is 4.67. The maximum Gasteiger partial charge on any atom is 0.298 e. The molecule has 2 aromatic carbocycles. The third kappa shape index (κ3) is 3.99. The summed E-state index contributed by atoms with van der Waals surface area (Å²) < 4.78 is 46.4. The molecule has 0 amide bonds. The number of hydrogen-bond acceptors (Lipinski definition) is 5. The Balaban J connectivity index is 1.34. The first-order valence-corrected chi connectivity index (χ1v) is 10.8. The number of benzene rings is 2. The van der Waals surface area contributed by atoms with Crippen molar-refractivity contribution in [3.05, 3.63) is 53.3 Å². The maximum absolute atomic E-state index is 13.2. The van der Waals surface area contributed by atoms with Gasteiger partial charge in [0.1, 0.15) is 11.3 Å². The van der Waals surface area contributed by atoms with Gasteiger partial charge in [-0.2, -0.15) is 4.98 Å². The third-order valence-corrected chi connectivity index (χ3v) is 6.64. The Bertz CT molecular complexity index is 1060. The highest BCUT2D eigenvalue weighted by Crippen LogP contribution is 2.26. The molecule has 3 aromatic rings. The molecule has 0 spiro atoms. The minimum Gasteiger partial charge on any atom is -0.423 e. The molecule has 28 heavy (non-hydrogen) atoms. The molecule has 0 saturated carbocycles. The van der Waals surface area contributed by atoms with Crippen LogP contribution in [0.4, 0.5) is 10.4 Å². The molecule has 9 heteroatoms. The van der Waals surface area contributed by atoms with E-state index < -0.39 is 15.8 Å². The molecule has 4 rings (SSSR count). The van der Waals surface area contributed by atoms with Gasteiger partial charge in [0.2, 0.25) is 10.0 Å². The van der Waals surface area contributed by atoms with E-state index >= 15 is 0 Å². The van der Waals surface area contributed by atoms with Gasteiger partial charge in [0.05, 0.1) is 9.92 Å². The lowest BCUT2D eigenvalue weighted by Gasteiger charge is -2.30. The number of fused-ring (bicyclic) bond motifs is 1. The van der Waals surface area contributed by atoms with Crippen LogP contribution in [-0.2, 0) is 10.0 Å². The van der Waals surface area contributed by atoms with E-state index in [-0.39, 0.29) is 15.8 Å². The molecule has 1 aromatic heterocycles. The number of hydrogen-bond donors (Lipinski definition) is 1. The molecule has 1 aliphatic heterocycles. The molecule has 0 radical (unpaired) electrons. The Labute approximate surface area is 167 Å². The van der Waals surface area contributed by atoms with Crippen molar-refractivity contribution in [2.75, 3.05) is 24.5 Å². The topological polar surface area (TPSA) is 75.4 Å². The monoisotopic (exact) mass is 423 g/mol. The van der Waals surface area contributed by atoms with Gasteiger partial charge in [-0.3, -0.25) is 0 Å². The number of sulfonamides is 1. The van der Waals surface area contributed by atoms with Crippen molar-refractivity contribution in [3.63, 3.8) is 0 Å². The predicted molar refractivity (Wildman–Crippen MR) is 106 cm³/mol. The minimum atomic E-state index is -3.73. The number of piperidine rings is 1. The summed E-state index contributed by atoms with van der Waals surface area (Å²) in [5.74, 6) is -0.446. The third-order valence-electron chi connectivity index (χ3n) is 4.93. The van der Waals surface area contributed by atoms with E-state index in [2.05, 4.69) is 14.6 Å². The molecule has 6 nitrogen and oxygen atoms in total. The zero-order chi connectivity index (χ0) is 19.7. The predicted octanol–water partition coefficient (Wildman–Crippen LogP) is 3.82. The summed E-state index contributed by atoms with van der Waals surface area (Å²) in [5, 5.41) is -0.213. The summed E-state index contributed by atoms with van der Waals surface area (Å²) >= 11 is 5.68. The molecule has 1 aliphatic rings. The number of halogens is 2. The van der Waals surface area contributed by atoms with Gasteiger partial charge >= 0.3 is 0 Å². The highest BCUT2D eigenvalue weighted by Gasteiger charge is 2.24. The average Bonchev–Trinajstić information content (AvgIpc) is 3.13. The Morgan fingerprint density at radius 1 is 1.21 bits per heavy atom. The summed E-state index contributed by atoms with van der Waals surface area (Å²) in [6.45, 7) is 1.79. The highest BCUT2D eigenvalue weighted by molar-refractivity contribution is 7.89. The molecule has 0 aliphatic carbocycles. The van der Waals surface area contributed by atoms with Gasteiger partial charge < -0.3 is 9.32 Å². The van der Waals surface area contributed by atoms with Crippen LogP contribution < -0.4 is 9.62 Å². The second kappa shape index (κ2) is 7.69. The number of nitrogens with zero attached hydrogens (tertiary/aromatic N) is 2. The number of nitrogens with one attached hydrogen (secondary N) is 1. The van der Waals surface area contributed by atoms with E-state index in [1.807, 2.05) is 24.3 Å². The van der Waals surface area contributed by atoms with Crippen molar-refractivity contribution < 1.29 is 17.2 Å². The molecule has 1 N–H and O–H groups in total. The number of aromatic nitrogens is 1. The summed E-state index contributed by atoms with van der Waals surface area (Å²) in [7, 11) is -3.73. The van der Waals surface area contributed by atoms with Crippen LogP contribution in [0.5, 0.6) is 0 Å². The molecule has 0 unspecified atom stereocenters. The Kier molecular flexibility index (Phi) is 5.27.